The Hall–Kier alpha value is -0.770. The summed E-state index contributed by atoms with van der Waals surface area (Å²) in [6, 6.07) is 0. The molecule has 1 aliphatic carbocycles. The molecule has 0 aromatic carbocycles. The number of hydrogen-bond acceptors (Lipinski definition) is 1. The van der Waals surface area contributed by atoms with Crippen molar-refractivity contribution in [3.8, 4) is 12.3 Å². The second kappa shape index (κ2) is 2.46. The fourth-order valence-electron chi connectivity index (χ4n) is 1.49. The van der Waals surface area contributed by atoms with Crippen LogP contribution in [0.1, 0.15) is 32.6 Å². The number of Topliss-reactive ketones (excluding diaryl/α,β-unsaturated/α-hetero) is 1. The van der Waals surface area contributed by atoms with Gasteiger partial charge in [-0.15, -0.1) is 12.3 Å². The molecule has 0 spiro atoms. The number of ketones is 1. The van der Waals surface area contributed by atoms with E-state index in [0.717, 1.165) is 19.3 Å². The van der Waals surface area contributed by atoms with Crippen molar-refractivity contribution < 1.29 is 4.79 Å². The van der Waals surface area contributed by atoms with E-state index in [9.17, 15) is 4.79 Å². The van der Waals surface area contributed by atoms with Crippen molar-refractivity contribution >= 4 is 5.78 Å². The molecule has 1 saturated carbocycles. The molecule has 54 valence electrons. The zero-order valence-electron chi connectivity index (χ0n) is 6.31. The van der Waals surface area contributed by atoms with E-state index in [1.165, 1.54) is 0 Å². The van der Waals surface area contributed by atoms with Gasteiger partial charge in [0.25, 0.3) is 0 Å². The van der Waals surface area contributed by atoms with E-state index in [0.29, 0.717) is 12.2 Å². The van der Waals surface area contributed by atoms with E-state index in [2.05, 4.69) is 5.92 Å². The molecule has 0 aromatic rings. The number of carbonyl (C=O) groups is 1. The number of terminal acetylenes is 1. The Labute approximate surface area is 61.8 Å². The maximum Gasteiger partial charge on any atom is 0.139 e. The van der Waals surface area contributed by atoms with E-state index in [1.807, 2.05) is 6.92 Å². The Balaban J connectivity index is 2.68. The summed E-state index contributed by atoms with van der Waals surface area (Å²) in [7, 11) is 0. The van der Waals surface area contributed by atoms with Gasteiger partial charge >= 0.3 is 0 Å². The smallest absolute Gasteiger partial charge is 0.139 e. The van der Waals surface area contributed by atoms with Gasteiger partial charge < -0.3 is 0 Å². The third kappa shape index (κ3) is 1.07. The van der Waals surface area contributed by atoms with Crippen LogP contribution in [0.4, 0.5) is 0 Å². The summed E-state index contributed by atoms with van der Waals surface area (Å²) in [5.41, 5.74) is -0.172. The summed E-state index contributed by atoms with van der Waals surface area (Å²) in [6.45, 7) is 1.97. The first-order chi connectivity index (χ1) is 4.69. The molecule has 0 amide bonds. The van der Waals surface area contributed by atoms with Crippen molar-refractivity contribution in [3.63, 3.8) is 0 Å². The van der Waals surface area contributed by atoms with Gasteiger partial charge in [0.2, 0.25) is 0 Å². The average Bonchev–Trinajstić information content (AvgIpc) is 2.15. The van der Waals surface area contributed by atoms with E-state index >= 15 is 0 Å². The molecule has 1 unspecified atom stereocenters. The maximum absolute atomic E-state index is 11.2. The van der Waals surface area contributed by atoms with Crippen molar-refractivity contribution in [3.05, 3.63) is 0 Å². The van der Waals surface area contributed by atoms with Crippen LogP contribution in [0.25, 0.3) is 0 Å². The van der Waals surface area contributed by atoms with E-state index < -0.39 is 0 Å². The minimum absolute atomic E-state index is 0.172. The average molecular weight is 136 g/mol. The largest absolute Gasteiger partial charge is 0.299 e. The number of hydrogen-bond donors (Lipinski definition) is 0. The van der Waals surface area contributed by atoms with E-state index in [4.69, 9.17) is 6.42 Å². The van der Waals surface area contributed by atoms with Gasteiger partial charge in [-0.3, -0.25) is 4.79 Å². The Morgan fingerprint density at radius 1 is 1.80 bits per heavy atom. The molecular formula is C9H12O. The lowest BCUT2D eigenvalue weighted by Crippen LogP contribution is -2.20. The van der Waals surface area contributed by atoms with Gasteiger partial charge in [-0.2, -0.15) is 0 Å². The van der Waals surface area contributed by atoms with Crippen molar-refractivity contribution in [2.75, 3.05) is 0 Å². The van der Waals surface area contributed by atoms with Crippen LogP contribution in [0.5, 0.6) is 0 Å². The highest BCUT2D eigenvalue weighted by molar-refractivity contribution is 5.86. The molecule has 1 rings (SSSR count). The molecule has 1 atom stereocenters. The van der Waals surface area contributed by atoms with Crippen LogP contribution in [-0.2, 0) is 4.79 Å². The third-order valence-corrected chi connectivity index (χ3v) is 2.30. The molecule has 0 N–H and O–H groups in total. The minimum Gasteiger partial charge on any atom is -0.299 e. The quantitative estimate of drug-likeness (QED) is 0.502. The summed E-state index contributed by atoms with van der Waals surface area (Å²) >= 11 is 0. The van der Waals surface area contributed by atoms with E-state index in [-0.39, 0.29) is 5.41 Å². The topological polar surface area (TPSA) is 17.1 Å². The maximum atomic E-state index is 11.2. The highest BCUT2D eigenvalue weighted by Gasteiger charge is 2.36. The zero-order chi connectivity index (χ0) is 7.61. The molecule has 0 aliphatic heterocycles. The molecule has 1 fully saturated rings. The van der Waals surface area contributed by atoms with E-state index in [1.54, 1.807) is 0 Å². The second-order valence-electron chi connectivity index (χ2n) is 3.22. The van der Waals surface area contributed by atoms with Gasteiger partial charge in [0.1, 0.15) is 5.78 Å². The molecule has 0 heterocycles. The molecule has 1 nitrogen and oxygen atoms in total. The van der Waals surface area contributed by atoms with Gasteiger partial charge in [-0.05, 0) is 12.8 Å². The molecule has 1 aliphatic rings. The summed E-state index contributed by atoms with van der Waals surface area (Å²) in [5.74, 6) is 2.91. The summed E-state index contributed by atoms with van der Waals surface area (Å²) in [5, 5.41) is 0. The molecule has 1 heteroatoms. The molecule has 0 bridgehead atoms. The lowest BCUT2D eigenvalue weighted by atomic mass is 9.85. The lowest BCUT2D eigenvalue weighted by molar-refractivity contribution is -0.124. The molecule has 0 aromatic heterocycles. The van der Waals surface area contributed by atoms with Crippen molar-refractivity contribution in [2.45, 2.75) is 32.6 Å². The van der Waals surface area contributed by atoms with Crippen LogP contribution < -0.4 is 0 Å². The summed E-state index contributed by atoms with van der Waals surface area (Å²) in [4.78, 5) is 11.2. The first kappa shape index (κ1) is 7.34. The van der Waals surface area contributed by atoms with Crippen LogP contribution in [0, 0.1) is 17.8 Å². The van der Waals surface area contributed by atoms with Crippen LogP contribution in [0.15, 0.2) is 0 Å². The van der Waals surface area contributed by atoms with Crippen LogP contribution in [0.3, 0.4) is 0 Å². The fourth-order valence-corrected chi connectivity index (χ4v) is 1.49. The van der Waals surface area contributed by atoms with Crippen LogP contribution in [-0.4, -0.2) is 5.78 Å². The third-order valence-electron chi connectivity index (χ3n) is 2.30. The first-order valence-corrected chi connectivity index (χ1v) is 3.66. The SMILES string of the molecule is C#CCC1(C)CCCC1=O. The zero-order valence-corrected chi connectivity index (χ0v) is 6.31. The Morgan fingerprint density at radius 2 is 2.50 bits per heavy atom. The Morgan fingerprint density at radius 3 is 2.90 bits per heavy atom. The number of rotatable bonds is 1. The number of carbonyl (C=O) groups excluding carboxylic acids is 1. The normalized spacial score (nSPS) is 32.2. The molecule has 10 heavy (non-hydrogen) atoms. The summed E-state index contributed by atoms with van der Waals surface area (Å²) in [6.07, 6.45) is 8.51. The summed E-state index contributed by atoms with van der Waals surface area (Å²) < 4.78 is 0. The highest BCUT2D eigenvalue weighted by Crippen LogP contribution is 2.36. The van der Waals surface area contributed by atoms with Gasteiger partial charge in [0, 0.05) is 18.3 Å². The predicted octanol–water partition coefficient (Wildman–Crippen LogP) is 1.77. The van der Waals surface area contributed by atoms with Gasteiger partial charge in [0.05, 0.1) is 0 Å². The van der Waals surface area contributed by atoms with Crippen LogP contribution >= 0.6 is 0 Å². The van der Waals surface area contributed by atoms with Crippen molar-refractivity contribution in [1.29, 1.82) is 0 Å². The van der Waals surface area contributed by atoms with Gasteiger partial charge in [0.15, 0.2) is 0 Å². The standard InChI is InChI=1S/C9H12O/c1-3-6-9(2)7-4-5-8(9)10/h1H,4-7H2,2H3. The first-order valence-electron chi connectivity index (χ1n) is 3.66. The van der Waals surface area contributed by atoms with Crippen molar-refractivity contribution in [2.24, 2.45) is 5.41 Å². The van der Waals surface area contributed by atoms with Gasteiger partial charge in [-0.1, -0.05) is 6.92 Å². The minimum atomic E-state index is -0.172. The Bertz CT molecular complexity index is 187. The molecule has 0 radical (unpaired) electrons. The predicted molar refractivity (Wildman–Crippen MR) is 40.4 cm³/mol. The van der Waals surface area contributed by atoms with Crippen molar-refractivity contribution in [1.82, 2.24) is 0 Å². The monoisotopic (exact) mass is 136 g/mol. The highest BCUT2D eigenvalue weighted by atomic mass is 16.1. The van der Waals surface area contributed by atoms with Crippen LogP contribution in [0.2, 0.25) is 0 Å². The second-order valence-corrected chi connectivity index (χ2v) is 3.22. The fraction of sp³-hybridized carbons (Fsp3) is 0.667. The van der Waals surface area contributed by atoms with Gasteiger partial charge in [-0.25, -0.2) is 0 Å². The molecule has 0 saturated heterocycles. The lowest BCUT2D eigenvalue weighted by Gasteiger charge is -2.17. The molecular weight excluding hydrogens is 124 g/mol. The Kier molecular flexibility index (Phi) is 1.80.